The van der Waals surface area contributed by atoms with Gasteiger partial charge in [-0.3, -0.25) is 4.79 Å². The van der Waals surface area contributed by atoms with E-state index in [-0.39, 0.29) is 22.8 Å². The quantitative estimate of drug-likeness (QED) is 0.197. The number of hydrogen-bond acceptors (Lipinski definition) is 6. The summed E-state index contributed by atoms with van der Waals surface area (Å²) in [5.41, 5.74) is 16.8. The molecule has 1 rings (SSSR count). The van der Waals surface area contributed by atoms with Crippen LogP contribution < -0.4 is 17.2 Å². The number of carbonyl (C=O) groups excluding carboxylic acids is 1. The third kappa shape index (κ3) is 2.30. The van der Waals surface area contributed by atoms with E-state index in [2.05, 4.69) is 0 Å². The Bertz CT molecular complexity index is 441. The second kappa shape index (κ2) is 4.65. The predicted molar refractivity (Wildman–Crippen MR) is 59.1 cm³/mol. The molecule has 0 amide bonds. The summed E-state index contributed by atoms with van der Waals surface area (Å²) in [6.45, 7) is 0. The average Bonchev–Trinajstić information content (AvgIpc) is 2.22. The van der Waals surface area contributed by atoms with Crippen molar-refractivity contribution in [1.29, 1.82) is 0 Å². The molecule has 0 bridgehead atoms. The van der Waals surface area contributed by atoms with Crippen LogP contribution in [0.2, 0.25) is 0 Å². The predicted octanol–water partition coefficient (Wildman–Crippen LogP) is -0.790. The van der Waals surface area contributed by atoms with Gasteiger partial charge in [-0.05, 0) is 18.2 Å². The van der Waals surface area contributed by atoms with E-state index in [1.165, 1.54) is 18.2 Å². The zero-order valence-electron chi connectivity index (χ0n) is 8.42. The van der Waals surface area contributed by atoms with Gasteiger partial charge in [-0.1, -0.05) is 0 Å². The summed E-state index contributed by atoms with van der Waals surface area (Å²) in [6.07, 6.45) is -0.530. The fourth-order valence-corrected chi connectivity index (χ4v) is 1.18. The lowest BCUT2D eigenvalue weighted by Gasteiger charge is -2.10. The lowest BCUT2D eigenvalue weighted by molar-refractivity contribution is -0.105. The first-order chi connectivity index (χ1) is 7.47. The molecule has 0 saturated heterocycles. The summed E-state index contributed by atoms with van der Waals surface area (Å²) in [6, 6.07) is 3.91. The van der Waals surface area contributed by atoms with Crippen molar-refractivity contribution in [2.24, 2.45) is 17.2 Å². The molecular formula is C10H13N3O3. The Labute approximate surface area is 92.0 Å². The maximum atomic E-state index is 10.7. The standard InChI is InChI=1S/C10H13N3O3/c11-9(6(4-14)10(12)13)5-1-2-7(15)8(16)3-5/h1-4,10,15-16H,11-13H2/b9-6+. The SMILES string of the molecule is N/C(=C(\C=O)C(N)N)c1ccc(O)c(O)c1. The third-order valence-electron chi connectivity index (χ3n) is 2.08. The van der Waals surface area contributed by atoms with E-state index in [1.54, 1.807) is 0 Å². The van der Waals surface area contributed by atoms with Crippen LogP contribution in [0.3, 0.4) is 0 Å². The molecule has 0 atom stereocenters. The summed E-state index contributed by atoms with van der Waals surface area (Å²) in [7, 11) is 0. The fourth-order valence-electron chi connectivity index (χ4n) is 1.18. The molecule has 0 fully saturated rings. The van der Waals surface area contributed by atoms with Gasteiger partial charge in [-0.15, -0.1) is 0 Å². The van der Waals surface area contributed by atoms with E-state index >= 15 is 0 Å². The minimum atomic E-state index is -0.992. The van der Waals surface area contributed by atoms with Crippen molar-refractivity contribution >= 4 is 12.0 Å². The van der Waals surface area contributed by atoms with Crippen LogP contribution >= 0.6 is 0 Å². The first-order valence-electron chi connectivity index (χ1n) is 4.45. The Kier molecular flexibility index (Phi) is 3.49. The van der Waals surface area contributed by atoms with Crippen molar-refractivity contribution in [2.45, 2.75) is 6.17 Å². The van der Waals surface area contributed by atoms with Gasteiger partial charge in [0.25, 0.3) is 0 Å². The van der Waals surface area contributed by atoms with Gasteiger partial charge in [0.15, 0.2) is 17.8 Å². The average molecular weight is 223 g/mol. The summed E-state index contributed by atoms with van der Waals surface area (Å²) >= 11 is 0. The van der Waals surface area contributed by atoms with E-state index in [4.69, 9.17) is 22.3 Å². The lowest BCUT2D eigenvalue weighted by Crippen LogP contribution is -2.34. The normalized spacial score (nSPS) is 12.4. The Morgan fingerprint density at radius 2 is 1.88 bits per heavy atom. The molecule has 86 valence electrons. The molecule has 0 aliphatic rings. The number of hydrogen-bond donors (Lipinski definition) is 5. The minimum absolute atomic E-state index is 0.0325. The summed E-state index contributed by atoms with van der Waals surface area (Å²) in [4.78, 5) is 10.7. The van der Waals surface area contributed by atoms with Gasteiger partial charge in [-0.25, -0.2) is 0 Å². The molecule has 16 heavy (non-hydrogen) atoms. The Morgan fingerprint density at radius 3 is 2.31 bits per heavy atom. The van der Waals surface area contributed by atoms with Crippen molar-refractivity contribution in [3.05, 3.63) is 29.3 Å². The number of phenolic OH excluding ortho intramolecular Hbond substituents is 2. The number of rotatable bonds is 3. The summed E-state index contributed by atoms with van der Waals surface area (Å²) in [5.74, 6) is -0.613. The molecule has 0 aromatic heterocycles. The second-order valence-corrected chi connectivity index (χ2v) is 3.22. The maximum absolute atomic E-state index is 10.7. The van der Waals surface area contributed by atoms with Crippen LogP contribution in [-0.2, 0) is 4.79 Å². The summed E-state index contributed by atoms with van der Waals surface area (Å²) in [5, 5.41) is 18.4. The molecule has 0 saturated carbocycles. The van der Waals surface area contributed by atoms with Crippen LogP contribution in [0.5, 0.6) is 11.5 Å². The van der Waals surface area contributed by atoms with Gasteiger partial charge < -0.3 is 27.4 Å². The van der Waals surface area contributed by atoms with Crippen LogP contribution in [0.25, 0.3) is 5.70 Å². The fraction of sp³-hybridized carbons (Fsp3) is 0.100. The number of carbonyl (C=O) groups is 1. The Balaban J connectivity index is 3.27. The van der Waals surface area contributed by atoms with E-state index in [0.717, 1.165) is 0 Å². The minimum Gasteiger partial charge on any atom is -0.504 e. The second-order valence-electron chi connectivity index (χ2n) is 3.22. The van der Waals surface area contributed by atoms with E-state index in [1.807, 2.05) is 0 Å². The van der Waals surface area contributed by atoms with Crippen molar-refractivity contribution in [2.75, 3.05) is 0 Å². The molecule has 0 unspecified atom stereocenters. The van der Waals surface area contributed by atoms with Crippen molar-refractivity contribution in [3.8, 4) is 11.5 Å². The zero-order valence-corrected chi connectivity index (χ0v) is 8.42. The maximum Gasteiger partial charge on any atom is 0.158 e. The third-order valence-corrected chi connectivity index (χ3v) is 2.08. The molecule has 0 radical (unpaired) electrons. The molecule has 6 nitrogen and oxygen atoms in total. The van der Waals surface area contributed by atoms with Crippen LogP contribution in [0.1, 0.15) is 5.56 Å². The van der Waals surface area contributed by atoms with Crippen molar-refractivity contribution in [3.63, 3.8) is 0 Å². The molecule has 0 heterocycles. The lowest BCUT2D eigenvalue weighted by atomic mass is 10.1. The number of aromatic hydroxyl groups is 2. The smallest absolute Gasteiger partial charge is 0.158 e. The number of nitrogens with two attached hydrogens (primary N) is 3. The first-order valence-corrected chi connectivity index (χ1v) is 4.45. The molecule has 8 N–H and O–H groups in total. The van der Waals surface area contributed by atoms with Crippen molar-refractivity contribution < 1.29 is 15.0 Å². The van der Waals surface area contributed by atoms with Crippen LogP contribution in [0.4, 0.5) is 0 Å². The summed E-state index contributed by atoms with van der Waals surface area (Å²) < 4.78 is 0. The zero-order chi connectivity index (χ0) is 12.3. The van der Waals surface area contributed by atoms with Gasteiger partial charge in [0.05, 0.1) is 6.17 Å². The highest BCUT2D eigenvalue weighted by molar-refractivity contribution is 5.88. The highest BCUT2D eigenvalue weighted by Crippen LogP contribution is 2.27. The van der Waals surface area contributed by atoms with Crippen molar-refractivity contribution in [1.82, 2.24) is 0 Å². The highest BCUT2D eigenvalue weighted by Gasteiger charge is 2.11. The first kappa shape index (κ1) is 12.0. The largest absolute Gasteiger partial charge is 0.504 e. The van der Waals surface area contributed by atoms with Crippen LogP contribution in [0.15, 0.2) is 23.8 Å². The molecule has 0 spiro atoms. The molecule has 0 aliphatic heterocycles. The number of phenols is 2. The molecular weight excluding hydrogens is 210 g/mol. The molecule has 1 aromatic carbocycles. The van der Waals surface area contributed by atoms with E-state index < -0.39 is 6.17 Å². The highest BCUT2D eigenvalue weighted by atomic mass is 16.3. The van der Waals surface area contributed by atoms with E-state index in [0.29, 0.717) is 11.8 Å². The molecule has 1 aromatic rings. The number of benzene rings is 1. The van der Waals surface area contributed by atoms with Gasteiger partial charge in [0, 0.05) is 16.8 Å². The van der Waals surface area contributed by atoms with Crippen LogP contribution in [0, 0.1) is 0 Å². The molecule has 6 heteroatoms. The van der Waals surface area contributed by atoms with Gasteiger partial charge >= 0.3 is 0 Å². The number of aldehydes is 1. The van der Waals surface area contributed by atoms with Gasteiger partial charge in [0.1, 0.15) is 0 Å². The van der Waals surface area contributed by atoms with Gasteiger partial charge in [0.2, 0.25) is 0 Å². The topological polar surface area (TPSA) is 136 Å². The van der Waals surface area contributed by atoms with Gasteiger partial charge in [-0.2, -0.15) is 0 Å². The molecule has 0 aliphatic carbocycles. The Hall–Kier alpha value is -2.05. The Morgan fingerprint density at radius 1 is 1.25 bits per heavy atom. The van der Waals surface area contributed by atoms with Crippen LogP contribution in [-0.4, -0.2) is 22.7 Å². The monoisotopic (exact) mass is 223 g/mol. The van der Waals surface area contributed by atoms with E-state index in [9.17, 15) is 9.90 Å².